The number of aromatic nitrogens is 2. The number of benzene rings is 1. The molecule has 0 spiro atoms. The second kappa shape index (κ2) is 9.50. The first-order valence-corrected chi connectivity index (χ1v) is 12.4. The van der Waals surface area contributed by atoms with Crippen molar-refractivity contribution in [3.05, 3.63) is 79.6 Å². The van der Waals surface area contributed by atoms with Crippen LogP contribution in [0.5, 0.6) is 0 Å². The number of pyridine rings is 1. The highest BCUT2D eigenvalue weighted by Crippen LogP contribution is 2.35. The number of anilines is 1. The molecule has 2 aliphatic rings. The van der Waals surface area contributed by atoms with E-state index >= 15 is 0 Å². The van der Waals surface area contributed by atoms with Crippen LogP contribution < -0.4 is 10.5 Å². The van der Waals surface area contributed by atoms with Crippen LogP contribution in [-0.4, -0.2) is 50.8 Å². The van der Waals surface area contributed by atoms with Crippen molar-refractivity contribution < 1.29 is 9.53 Å². The highest BCUT2D eigenvalue weighted by atomic mass is 35.5. The zero-order chi connectivity index (χ0) is 23.8. The van der Waals surface area contributed by atoms with Crippen LogP contribution in [-0.2, 0) is 16.1 Å². The van der Waals surface area contributed by atoms with Crippen LogP contribution in [0.4, 0.5) is 5.82 Å². The highest BCUT2D eigenvalue weighted by molar-refractivity contribution is 8.26. The van der Waals surface area contributed by atoms with Gasteiger partial charge in [0.2, 0.25) is 0 Å². The largest absolute Gasteiger partial charge is 0.378 e. The van der Waals surface area contributed by atoms with E-state index in [1.807, 2.05) is 42.2 Å². The molecule has 10 heteroatoms. The van der Waals surface area contributed by atoms with Gasteiger partial charge in [0.05, 0.1) is 30.2 Å². The number of nitrogens with zero attached hydrogens (tertiary/aromatic N) is 4. The first kappa shape index (κ1) is 23.0. The van der Waals surface area contributed by atoms with Crippen molar-refractivity contribution in [2.75, 3.05) is 31.2 Å². The topological polar surface area (TPSA) is 67.2 Å². The van der Waals surface area contributed by atoms with Crippen molar-refractivity contribution in [1.29, 1.82) is 0 Å². The molecule has 2 saturated heterocycles. The standard InChI is InChI=1S/C24H21ClN4O3S2/c1-15-6-7-20-26-21(27-8-10-32-11-9-27)17(22(30)28(20)13-15)12-19-23(31)29(24(33)34-19)14-16-4-2-3-5-18(16)25/h2-7,12-13H,8-11,14H2,1H3/b19-12+. The molecule has 2 aliphatic heterocycles. The van der Waals surface area contributed by atoms with E-state index in [4.69, 9.17) is 33.5 Å². The number of halogens is 1. The number of amides is 1. The molecule has 0 radical (unpaired) electrons. The fourth-order valence-corrected chi connectivity index (χ4v) is 5.39. The summed E-state index contributed by atoms with van der Waals surface area (Å²) in [7, 11) is 0. The van der Waals surface area contributed by atoms with E-state index in [1.54, 1.807) is 18.3 Å². The molecule has 4 heterocycles. The molecule has 1 aromatic carbocycles. The number of thiocarbonyl (C=S) groups is 1. The third-order valence-corrected chi connectivity index (χ3v) is 7.48. The number of aryl methyl sites for hydroxylation is 1. The Labute approximate surface area is 211 Å². The summed E-state index contributed by atoms with van der Waals surface area (Å²) in [5, 5.41) is 0.572. The summed E-state index contributed by atoms with van der Waals surface area (Å²) >= 11 is 13.0. The summed E-state index contributed by atoms with van der Waals surface area (Å²) in [5.74, 6) is 0.296. The lowest BCUT2D eigenvalue weighted by molar-refractivity contribution is -0.122. The van der Waals surface area contributed by atoms with Gasteiger partial charge in [-0.05, 0) is 36.3 Å². The fraction of sp³-hybridized carbons (Fsp3) is 0.250. The quantitative estimate of drug-likeness (QED) is 0.388. The molecule has 34 heavy (non-hydrogen) atoms. The first-order chi connectivity index (χ1) is 16.4. The van der Waals surface area contributed by atoms with Gasteiger partial charge >= 0.3 is 0 Å². The number of hydrogen-bond donors (Lipinski definition) is 0. The average Bonchev–Trinajstić information content (AvgIpc) is 3.10. The zero-order valence-electron chi connectivity index (χ0n) is 18.4. The summed E-state index contributed by atoms with van der Waals surface area (Å²) < 4.78 is 7.43. The summed E-state index contributed by atoms with van der Waals surface area (Å²) in [4.78, 5) is 35.6. The molecule has 0 atom stereocenters. The van der Waals surface area contributed by atoms with Crippen molar-refractivity contribution in [3.8, 4) is 0 Å². The summed E-state index contributed by atoms with van der Waals surface area (Å²) in [6.45, 7) is 4.52. The lowest BCUT2D eigenvalue weighted by atomic mass is 10.2. The van der Waals surface area contributed by atoms with Gasteiger partial charge in [0.25, 0.3) is 11.5 Å². The maximum absolute atomic E-state index is 13.6. The van der Waals surface area contributed by atoms with Gasteiger partial charge in [-0.15, -0.1) is 0 Å². The average molecular weight is 513 g/mol. The molecule has 3 aromatic rings. The lowest BCUT2D eigenvalue weighted by Crippen LogP contribution is -2.38. The van der Waals surface area contributed by atoms with Crippen LogP contribution in [0.3, 0.4) is 0 Å². The molecular formula is C24H21ClN4O3S2. The molecule has 7 nitrogen and oxygen atoms in total. The van der Waals surface area contributed by atoms with Gasteiger partial charge in [-0.25, -0.2) is 4.98 Å². The smallest absolute Gasteiger partial charge is 0.267 e. The molecule has 2 fully saturated rings. The molecule has 0 unspecified atom stereocenters. The van der Waals surface area contributed by atoms with Crippen LogP contribution in [0.2, 0.25) is 5.02 Å². The van der Waals surface area contributed by atoms with E-state index < -0.39 is 0 Å². The third kappa shape index (κ3) is 4.36. The Morgan fingerprint density at radius 3 is 2.71 bits per heavy atom. The van der Waals surface area contributed by atoms with Gasteiger partial charge in [0.1, 0.15) is 15.8 Å². The number of hydrogen-bond acceptors (Lipinski definition) is 7. The molecule has 0 saturated carbocycles. The van der Waals surface area contributed by atoms with Crippen molar-refractivity contribution in [3.63, 3.8) is 0 Å². The second-order valence-corrected chi connectivity index (χ2v) is 10.1. The van der Waals surface area contributed by atoms with Crippen molar-refractivity contribution in [2.45, 2.75) is 13.5 Å². The number of ether oxygens (including phenoxy) is 1. The molecule has 174 valence electrons. The minimum absolute atomic E-state index is 0.230. The van der Waals surface area contributed by atoms with Gasteiger partial charge < -0.3 is 9.64 Å². The van der Waals surface area contributed by atoms with E-state index in [2.05, 4.69) is 0 Å². The Kier molecular flexibility index (Phi) is 6.44. The minimum atomic E-state index is -0.253. The maximum atomic E-state index is 13.6. The Morgan fingerprint density at radius 1 is 1.18 bits per heavy atom. The van der Waals surface area contributed by atoms with E-state index in [0.29, 0.717) is 57.6 Å². The summed E-state index contributed by atoms with van der Waals surface area (Å²) in [6, 6.07) is 11.1. The number of rotatable bonds is 4. The second-order valence-electron chi connectivity index (χ2n) is 8.05. The fourth-order valence-electron chi connectivity index (χ4n) is 3.95. The lowest BCUT2D eigenvalue weighted by Gasteiger charge is -2.29. The highest BCUT2D eigenvalue weighted by Gasteiger charge is 2.33. The van der Waals surface area contributed by atoms with Crippen molar-refractivity contribution >= 4 is 63.3 Å². The molecule has 5 rings (SSSR count). The van der Waals surface area contributed by atoms with Crippen LogP contribution in [0.25, 0.3) is 11.7 Å². The van der Waals surface area contributed by atoms with E-state index in [-0.39, 0.29) is 18.0 Å². The van der Waals surface area contributed by atoms with E-state index in [0.717, 1.165) is 11.1 Å². The van der Waals surface area contributed by atoms with Crippen LogP contribution >= 0.6 is 35.6 Å². The molecule has 0 bridgehead atoms. The van der Waals surface area contributed by atoms with Gasteiger partial charge in [-0.2, -0.15) is 0 Å². The monoisotopic (exact) mass is 512 g/mol. The number of carbonyl (C=O) groups excluding carboxylic acids is 1. The van der Waals surface area contributed by atoms with Crippen LogP contribution in [0.1, 0.15) is 16.7 Å². The van der Waals surface area contributed by atoms with E-state index in [9.17, 15) is 9.59 Å². The molecular weight excluding hydrogens is 492 g/mol. The normalized spacial score (nSPS) is 17.9. The first-order valence-electron chi connectivity index (χ1n) is 10.8. The molecule has 0 N–H and O–H groups in total. The Morgan fingerprint density at radius 2 is 1.94 bits per heavy atom. The molecule has 1 amide bonds. The Balaban J connectivity index is 1.58. The van der Waals surface area contributed by atoms with Crippen LogP contribution in [0, 0.1) is 6.92 Å². The van der Waals surface area contributed by atoms with Crippen molar-refractivity contribution in [1.82, 2.24) is 14.3 Å². The SMILES string of the molecule is Cc1ccc2nc(N3CCOCC3)c(/C=C3/SC(=S)N(Cc4ccccc4Cl)C3=O)c(=O)n2c1. The Hall–Kier alpha value is -2.72. The Bertz CT molecular complexity index is 1400. The number of morpholine rings is 1. The minimum Gasteiger partial charge on any atom is -0.378 e. The number of thioether (sulfide) groups is 1. The van der Waals surface area contributed by atoms with Gasteiger partial charge in [0.15, 0.2) is 0 Å². The third-order valence-electron chi connectivity index (χ3n) is 5.73. The number of fused-ring (bicyclic) bond motifs is 1. The zero-order valence-corrected chi connectivity index (χ0v) is 20.8. The molecule has 0 aliphatic carbocycles. The predicted octanol–water partition coefficient (Wildman–Crippen LogP) is 3.89. The van der Waals surface area contributed by atoms with Crippen LogP contribution in [0.15, 0.2) is 52.3 Å². The van der Waals surface area contributed by atoms with Gasteiger partial charge in [-0.1, -0.05) is 59.8 Å². The predicted molar refractivity (Wildman–Crippen MR) is 139 cm³/mol. The summed E-state index contributed by atoms with van der Waals surface area (Å²) in [5.41, 5.74) is 2.43. The number of carbonyl (C=O) groups is 1. The van der Waals surface area contributed by atoms with Gasteiger partial charge in [0, 0.05) is 24.3 Å². The molecule has 2 aromatic heterocycles. The van der Waals surface area contributed by atoms with Gasteiger partial charge in [-0.3, -0.25) is 18.9 Å². The van der Waals surface area contributed by atoms with Crippen molar-refractivity contribution in [2.24, 2.45) is 0 Å². The summed E-state index contributed by atoms with van der Waals surface area (Å²) in [6.07, 6.45) is 3.38. The van der Waals surface area contributed by atoms with E-state index in [1.165, 1.54) is 21.1 Å². The maximum Gasteiger partial charge on any atom is 0.267 e.